The fourth-order valence-corrected chi connectivity index (χ4v) is 2.94. The zero-order valence-corrected chi connectivity index (χ0v) is 14.5. The largest absolute Gasteiger partial charge is 0.497 e. The Morgan fingerprint density at radius 1 is 1.29 bits per heavy atom. The van der Waals surface area contributed by atoms with Crippen molar-refractivity contribution < 1.29 is 23.6 Å². The highest BCUT2D eigenvalue weighted by Gasteiger charge is 2.52. The molecule has 0 aromatic heterocycles. The monoisotopic (exact) mass is 335 g/mol. The van der Waals surface area contributed by atoms with Crippen LogP contribution in [-0.4, -0.2) is 29.5 Å². The number of carboxylic acid groups (broad SMARTS) is 1. The van der Waals surface area contributed by atoms with Crippen molar-refractivity contribution in [2.24, 2.45) is 0 Å². The van der Waals surface area contributed by atoms with E-state index in [4.69, 9.17) is 14.4 Å². The lowest BCUT2D eigenvalue weighted by Crippen LogP contribution is -2.41. The second-order valence-corrected chi connectivity index (χ2v) is 7.56. The topological polar surface area (TPSA) is 67.8 Å². The number of rotatable bonds is 4. The van der Waals surface area contributed by atoms with E-state index >= 15 is 4.39 Å². The van der Waals surface area contributed by atoms with E-state index in [0.29, 0.717) is 16.6 Å². The summed E-state index contributed by atoms with van der Waals surface area (Å²) in [6, 6.07) is 3.41. The molecule has 2 fully saturated rings. The lowest BCUT2D eigenvalue weighted by molar-refractivity contribution is 0.00578. The van der Waals surface area contributed by atoms with Crippen LogP contribution >= 0.6 is 0 Å². The predicted octanol–water partition coefficient (Wildman–Crippen LogP) is 2.77. The summed E-state index contributed by atoms with van der Waals surface area (Å²) in [7, 11) is -0.756. The summed E-state index contributed by atoms with van der Waals surface area (Å²) in [4.78, 5) is 10.7. The molecule has 0 unspecified atom stereocenters. The highest BCUT2D eigenvalue weighted by molar-refractivity contribution is 6.62. The Labute approximate surface area is 141 Å². The predicted molar refractivity (Wildman–Crippen MR) is 89.0 cm³/mol. The average Bonchev–Trinajstić information content (AvgIpc) is 3.24. The van der Waals surface area contributed by atoms with Crippen LogP contribution in [0, 0.1) is 5.82 Å². The fraction of sp³-hybridized carbons (Fsp3) is 0.588. The summed E-state index contributed by atoms with van der Waals surface area (Å²) >= 11 is 0. The lowest BCUT2D eigenvalue weighted by atomic mass is 9.76. The van der Waals surface area contributed by atoms with Gasteiger partial charge in [0, 0.05) is 12.0 Å². The van der Waals surface area contributed by atoms with Gasteiger partial charge in [-0.05, 0) is 57.6 Å². The van der Waals surface area contributed by atoms with Crippen LogP contribution in [0.2, 0.25) is 0 Å². The van der Waals surface area contributed by atoms with Crippen molar-refractivity contribution in [2.45, 2.75) is 64.2 Å². The first-order valence-electron chi connectivity index (χ1n) is 8.26. The van der Waals surface area contributed by atoms with Gasteiger partial charge in [0.15, 0.2) is 0 Å². The standard InChI is InChI=1S/C17H23BFNO4/c1-16(2)17(3,4)24-18(23-16)12-8-7-11(9-20-15(21)22)13(14(12)19)10-5-6-10/h7-8,10,20H,5-6,9H2,1-4H3,(H,21,22). The molecule has 1 aliphatic carbocycles. The summed E-state index contributed by atoms with van der Waals surface area (Å²) in [5, 5.41) is 11.1. The van der Waals surface area contributed by atoms with Crippen LogP contribution in [0.4, 0.5) is 9.18 Å². The maximum atomic E-state index is 15.2. The van der Waals surface area contributed by atoms with Gasteiger partial charge < -0.3 is 19.7 Å². The van der Waals surface area contributed by atoms with Gasteiger partial charge in [0.1, 0.15) is 5.82 Å². The molecule has 5 nitrogen and oxygen atoms in total. The molecular formula is C17H23BFNO4. The van der Waals surface area contributed by atoms with E-state index in [1.54, 1.807) is 12.1 Å². The Morgan fingerprint density at radius 3 is 2.38 bits per heavy atom. The number of hydrogen-bond donors (Lipinski definition) is 2. The molecule has 1 amide bonds. The van der Waals surface area contributed by atoms with Gasteiger partial charge in [-0.15, -0.1) is 0 Å². The normalized spacial score (nSPS) is 21.8. The third-order valence-corrected chi connectivity index (χ3v) is 5.22. The highest BCUT2D eigenvalue weighted by atomic mass is 19.1. The second kappa shape index (κ2) is 5.74. The summed E-state index contributed by atoms with van der Waals surface area (Å²) < 4.78 is 27.1. The van der Waals surface area contributed by atoms with Crippen LogP contribution in [0.1, 0.15) is 57.6 Å². The fourth-order valence-electron chi connectivity index (χ4n) is 2.94. The number of hydrogen-bond acceptors (Lipinski definition) is 3. The summed E-state index contributed by atoms with van der Waals surface area (Å²) in [6.07, 6.45) is 0.723. The Hall–Kier alpha value is -1.60. The molecule has 7 heteroatoms. The minimum atomic E-state index is -1.12. The van der Waals surface area contributed by atoms with Gasteiger partial charge in [-0.1, -0.05) is 12.1 Å². The zero-order chi connectivity index (χ0) is 17.7. The van der Waals surface area contributed by atoms with Crippen LogP contribution < -0.4 is 10.8 Å². The van der Waals surface area contributed by atoms with E-state index in [-0.39, 0.29) is 18.3 Å². The maximum Gasteiger partial charge on any atom is 0.497 e. The van der Waals surface area contributed by atoms with E-state index in [1.165, 1.54) is 0 Å². The third-order valence-electron chi connectivity index (χ3n) is 5.22. The average molecular weight is 335 g/mol. The SMILES string of the molecule is CC1(C)OB(c2ccc(CNC(=O)O)c(C3CC3)c2F)OC1(C)C. The molecule has 2 N–H and O–H groups in total. The molecule has 130 valence electrons. The maximum absolute atomic E-state index is 15.2. The van der Waals surface area contributed by atoms with Gasteiger partial charge in [0.05, 0.1) is 11.2 Å². The zero-order valence-electron chi connectivity index (χ0n) is 14.5. The van der Waals surface area contributed by atoms with E-state index < -0.39 is 24.4 Å². The van der Waals surface area contributed by atoms with E-state index in [2.05, 4.69) is 5.32 Å². The minimum Gasteiger partial charge on any atom is -0.465 e. The van der Waals surface area contributed by atoms with E-state index in [1.807, 2.05) is 27.7 Å². The van der Waals surface area contributed by atoms with Gasteiger partial charge in [-0.3, -0.25) is 0 Å². The number of halogens is 1. The molecule has 0 radical (unpaired) electrons. The minimum absolute atomic E-state index is 0.0989. The Morgan fingerprint density at radius 2 is 1.88 bits per heavy atom. The van der Waals surface area contributed by atoms with Gasteiger partial charge in [0.2, 0.25) is 0 Å². The van der Waals surface area contributed by atoms with Crippen molar-refractivity contribution in [2.75, 3.05) is 0 Å². The molecule has 1 aromatic rings. The van der Waals surface area contributed by atoms with Gasteiger partial charge >= 0.3 is 13.2 Å². The molecule has 0 spiro atoms. The van der Waals surface area contributed by atoms with E-state index in [9.17, 15) is 4.79 Å². The number of carbonyl (C=O) groups is 1. The summed E-state index contributed by atoms with van der Waals surface area (Å²) in [5.74, 6) is -0.182. The summed E-state index contributed by atoms with van der Waals surface area (Å²) in [5.41, 5.74) is 0.587. The van der Waals surface area contributed by atoms with Gasteiger partial charge in [-0.25, -0.2) is 9.18 Å². The third kappa shape index (κ3) is 3.02. The number of amides is 1. The Bertz CT molecular complexity index is 657. The van der Waals surface area contributed by atoms with Crippen LogP contribution in [-0.2, 0) is 15.9 Å². The number of benzene rings is 1. The Kier molecular flexibility index (Phi) is 4.12. The first-order chi connectivity index (χ1) is 11.1. The van der Waals surface area contributed by atoms with Crippen molar-refractivity contribution in [1.29, 1.82) is 0 Å². The molecule has 0 atom stereocenters. The molecule has 2 aliphatic rings. The summed E-state index contributed by atoms with van der Waals surface area (Å²) in [6.45, 7) is 7.81. The molecule has 3 rings (SSSR count). The lowest BCUT2D eigenvalue weighted by Gasteiger charge is -2.32. The smallest absolute Gasteiger partial charge is 0.465 e. The van der Waals surface area contributed by atoms with Crippen LogP contribution in [0.15, 0.2) is 12.1 Å². The molecule has 1 aromatic carbocycles. The van der Waals surface area contributed by atoms with Crippen molar-refractivity contribution in [3.05, 3.63) is 29.1 Å². The van der Waals surface area contributed by atoms with Crippen LogP contribution in [0.25, 0.3) is 0 Å². The molecule has 1 saturated heterocycles. The van der Waals surface area contributed by atoms with Crippen LogP contribution in [0.3, 0.4) is 0 Å². The van der Waals surface area contributed by atoms with Crippen LogP contribution in [0.5, 0.6) is 0 Å². The molecular weight excluding hydrogens is 312 g/mol. The van der Waals surface area contributed by atoms with Crippen molar-refractivity contribution in [3.8, 4) is 0 Å². The molecule has 0 bridgehead atoms. The first-order valence-corrected chi connectivity index (χ1v) is 8.26. The number of nitrogens with one attached hydrogen (secondary N) is 1. The van der Waals surface area contributed by atoms with Crippen molar-refractivity contribution >= 4 is 18.7 Å². The Balaban J connectivity index is 1.93. The molecule has 1 saturated carbocycles. The van der Waals surface area contributed by atoms with Crippen molar-refractivity contribution in [3.63, 3.8) is 0 Å². The van der Waals surface area contributed by atoms with Crippen molar-refractivity contribution in [1.82, 2.24) is 5.32 Å². The first kappa shape index (κ1) is 17.2. The highest BCUT2D eigenvalue weighted by Crippen LogP contribution is 2.43. The second-order valence-electron chi connectivity index (χ2n) is 7.56. The molecule has 24 heavy (non-hydrogen) atoms. The van der Waals surface area contributed by atoms with E-state index in [0.717, 1.165) is 12.8 Å². The van der Waals surface area contributed by atoms with Gasteiger partial charge in [-0.2, -0.15) is 0 Å². The molecule has 1 heterocycles. The quantitative estimate of drug-likeness (QED) is 0.831. The molecule has 1 aliphatic heterocycles. The van der Waals surface area contributed by atoms with Gasteiger partial charge in [0.25, 0.3) is 0 Å².